The topological polar surface area (TPSA) is 59.2 Å². The Labute approximate surface area is 127 Å². The molecule has 1 heterocycles. The van der Waals surface area contributed by atoms with Gasteiger partial charge in [-0.1, -0.05) is 25.7 Å². The summed E-state index contributed by atoms with van der Waals surface area (Å²) < 4.78 is 11.2. The van der Waals surface area contributed by atoms with Crippen molar-refractivity contribution < 1.29 is 9.47 Å². The molecule has 21 heavy (non-hydrogen) atoms. The van der Waals surface area contributed by atoms with Crippen molar-refractivity contribution in [3.8, 4) is 0 Å². The molecule has 0 aromatic carbocycles. The number of aromatic amines is 1. The Hall–Kier alpha value is -0.910. The van der Waals surface area contributed by atoms with E-state index < -0.39 is 0 Å². The van der Waals surface area contributed by atoms with Crippen molar-refractivity contribution in [2.24, 2.45) is 0 Å². The Morgan fingerprint density at radius 3 is 2.71 bits per heavy atom. The van der Waals surface area contributed by atoms with E-state index in [9.17, 15) is 0 Å². The number of hydrogen-bond donors (Lipinski definition) is 2. The van der Waals surface area contributed by atoms with Crippen molar-refractivity contribution in [1.82, 2.24) is 15.3 Å². The number of rotatable bonds is 8. The first kappa shape index (κ1) is 16.5. The summed E-state index contributed by atoms with van der Waals surface area (Å²) in [7, 11) is 1.72. The van der Waals surface area contributed by atoms with E-state index in [-0.39, 0.29) is 5.60 Å². The monoisotopic (exact) mass is 295 g/mol. The van der Waals surface area contributed by atoms with Crippen LogP contribution >= 0.6 is 0 Å². The second kappa shape index (κ2) is 8.51. The van der Waals surface area contributed by atoms with Gasteiger partial charge in [0.15, 0.2) is 0 Å². The van der Waals surface area contributed by atoms with Gasteiger partial charge in [0.2, 0.25) is 0 Å². The van der Waals surface area contributed by atoms with Crippen LogP contribution in [0.4, 0.5) is 0 Å². The molecule has 0 saturated heterocycles. The van der Waals surface area contributed by atoms with Crippen LogP contribution in [0.5, 0.6) is 0 Å². The number of methoxy groups -OCH3 is 1. The van der Waals surface area contributed by atoms with Crippen LogP contribution in [0.1, 0.15) is 57.0 Å². The molecule has 0 spiro atoms. The fraction of sp³-hybridized carbons (Fsp3) is 0.812. The Balaban J connectivity index is 2.01. The second-order valence-electron chi connectivity index (χ2n) is 5.77. The largest absolute Gasteiger partial charge is 0.383 e. The maximum atomic E-state index is 6.16. The maximum Gasteiger partial charge on any atom is 0.138 e. The predicted molar refractivity (Wildman–Crippen MR) is 83.2 cm³/mol. The van der Waals surface area contributed by atoms with E-state index in [2.05, 4.69) is 22.2 Å². The highest BCUT2D eigenvalue weighted by atomic mass is 16.5. The van der Waals surface area contributed by atoms with Crippen molar-refractivity contribution in [2.45, 2.75) is 57.6 Å². The zero-order chi connectivity index (χ0) is 15.0. The van der Waals surface area contributed by atoms with E-state index in [1.165, 1.54) is 25.7 Å². The lowest BCUT2D eigenvalue weighted by Crippen LogP contribution is -2.31. The lowest BCUT2D eigenvalue weighted by Gasteiger charge is -2.30. The molecule has 5 heteroatoms. The fourth-order valence-corrected chi connectivity index (χ4v) is 3.10. The third-order valence-corrected chi connectivity index (χ3v) is 4.19. The van der Waals surface area contributed by atoms with E-state index in [0.29, 0.717) is 0 Å². The SMILES string of the molecule is CCOC1(c2ncc(CNCCOC)[nH]2)CCCCCC1. The fourth-order valence-electron chi connectivity index (χ4n) is 3.10. The first-order chi connectivity index (χ1) is 10.3. The molecule has 1 fully saturated rings. The van der Waals surface area contributed by atoms with Gasteiger partial charge in [-0.25, -0.2) is 4.98 Å². The van der Waals surface area contributed by atoms with Crippen molar-refractivity contribution in [3.05, 3.63) is 17.7 Å². The summed E-state index contributed by atoms with van der Waals surface area (Å²) in [5.74, 6) is 1.01. The van der Waals surface area contributed by atoms with Crippen LogP contribution in [0.3, 0.4) is 0 Å². The minimum absolute atomic E-state index is 0.198. The van der Waals surface area contributed by atoms with Crippen molar-refractivity contribution in [2.75, 3.05) is 26.9 Å². The first-order valence-corrected chi connectivity index (χ1v) is 8.19. The Kier molecular flexibility index (Phi) is 6.67. The smallest absolute Gasteiger partial charge is 0.138 e. The van der Waals surface area contributed by atoms with E-state index in [4.69, 9.17) is 9.47 Å². The standard InChI is InChI=1S/C16H29N3O2/c1-3-21-16(8-6-4-5-7-9-16)15-18-13-14(19-15)12-17-10-11-20-2/h13,17H,3-12H2,1-2H3,(H,18,19). The van der Waals surface area contributed by atoms with Crippen LogP contribution in [-0.4, -0.2) is 36.8 Å². The van der Waals surface area contributed by atoms with Crippen LogP contribution in [0.25, 0.3) is 0 Å². The summed E-state index contributed by atoms with van der Waals surface area (Å²) in [5.41, 5.74) is 0.917. The molecule has 0 unspecified atom stereocenters. The van der Waals surface area contributed by atoms with Gasteiger partial charge in [0, 0.05) is 38.7 Å². The number of hydrogen-bond acceptors (Lipinski definition) is 4. The van der Waals surface area contributed by atoms with Gasteiger partial charge in [0.1, 0.15) is 11.4 Å². The van der Waals surface area contributed by atoms with E-state index >= 15 is 0 Å². The van der Waals surface area contributed by atoms with Crippen molar-refractivity contribution in [3.63, 3.8) is 0 Å². The van der Waals surface area contributed by atoms with E-state index in [1.807, 2.05) is 6.20 Å². The molecule has 1 aromatic rings. The Morgan fingerprint density at radius 2 is 2.05 bits per heavy atom. The number of nitrogens with zero attached hydrogens (tertiary/aromatic N) is 1. The number of imidazole rings is 1. The van der Waals surface area contributed by atoms with Gasteiger partial charge in [-0.15, -0.1) is 0 Å². The third-order valence-electron chi connectivity index (χ3n) is 4.19. The molecule has 0 atom stereocenters. The third kappa shape index (κ3) is 4.53. The summed E-state index contributed by atoms with van der Waals surface area (Å²) in [4.78, 5) is 8.09. The minimum atomic E-state index is -0.198. The Morgan fingerprint density at radius 1 is 1.29 bits per heavy atom. The van der Waals surface area contributed by atoms with Gasteiger partial charge < -0.3 is 19.8 Å². The zero-order valence-corrected chi connectivity index (χ0v) is 13.4. The number of aromatic nitrogens is 2. The zero-order valence-electron chi connectivity index (χ0n) is 13.4. The number of nitrogens with one attached hydrogen (secondary N) is 2. The molecule has 1 aromatic heterocycles. The quantitative estimate of drug-likeness (QED) is 0.572. The summed E-state index contributed by atoms with van der Waals surface area (Å²) in [6.07, 6.45) is 9.14. The molecular formula is C16H29N3O2. The molecule has 5 nitrogen and oxygen atoms in total. The molecule has 0 amide bonds. The van der Waals surface area contributed by atoms with Crippen LogP contribution < -0.4 is 5.32 Å². The highest BCUT2D eigenvalue weighted by Gasteiger charge is 2.36. The highest BCUT2D eigenvalue weighted by Crippen LogP contribution is 2.37. The molecule has 120 valence electrons. The molecule has 0 bridgehead atoms. The van der Waals surface area contributed by atoms with Crippen LogP contribution in [0.15, 0.2) is 6.20 Å². The molecule has 1 saturated carbocycles. The highest BCUT2D eigenvalue weighted by molar-refractivity contribution is 5.10. The van der Waals surface area contributed by atoms with Crippen molar-refractivity contribution >= 4 is 0 Å². The second-order valence-corrected chi connectivity index (χ2v) is 5.77. The van der Waals surface area contributed by atoms with Crippen LogP contribution in [0, 0.1) is 0 Å². The molecule has 2 N–H and O–H groups in total. The molecule has 1 aliphatic carbocycles. The molecule has 1 aliphatic rings. The average Bonchev–Trinajstić information content (AvgIpc) is 2.84. The maximum absolute atomic E-state index is 6.16. The summed E-state index contributed by atoms with van der Waals surface area (Å²) >= 11 is 0. The number of H-pyrrole nitrogens is 1. The summed E-state index contributed by atoms with van der Waals surface area (Å²) in [6.45, 7) is 5.18. The molecular weight excluding hydrogens is 266 g/mol. The van der Waals surface area contributed by atoms with Gasteiger partial charge in [-0.05, 0) is 19.8 Å². The minimum Gasteiger partial charge on any atom is -0.383 e. The van der Waals surface area contributed by atoms with Gasteiger partial charge in [-0.3, -0.25) is 0 Å². The lowest BCUT2D eigenvalue weighted by molar-refractivity contribution is -0.0619. The van der Waals surface area contributed by atoms with E-state index in [0.717, 1.165) is 50.7 Å². The van der Waals surface area contributed by atoms with Gasteiger partial charge in [-0.2, -0.15) is 0 Å². The molecule has 0 radical (unpaired) electrons. The molecule has 2 rings (SSSR count). The first-order valence-electron chi connectivity index (χ1n) is 8.19. The van der Waals surface area contributed by atoms with Crippen LogP contribution in [-0.2, 0) is 21.6 Å². The lowest BCUT2D eigenvalue weighted by atomic mass is 9.93. The van der Waals surface area contributed by atoms with Crippen molar-refractivity contribution in [1.29, 1.82) is 0 Å². The van der Waals surface area contributed by atoms with Gasteiger partial charge >= 0.3 is 0 Å². The normalized spacial score (nSPS) is 18.6. The van der Waals surface area contributed by atoms with E-state index in [1.54, 1.807) is 7.11 Å². The Bertz CT molecular complexity index is 398. The van der Waals surface area contributed by atoms with Crippen LogP contribution in [0.2, 0.25) is 0 Å². The van der Waals surface area contributed by atoms with Gasteiger partial charge in [0.05, 0.1) is 6.61 Å². The van der Waals surface area contributed by atoms with Gasteiger partial charge in [0.25, 0.3) is 0 Å². The molecule has 0 aliphatic heterocycles. The summed E-state index contributed by atoms with van der Waals surface area (Å²) in [6, 6.07) is 0. The summed E-state index contributed by atoms with van der Waals surface area (Å²) in [5, 5.41) is 3.34. The average molecular weight is 295 g/mol. The number of ether oxygens (including phenoxy) is 2. The predicted octanol–water partition coefficient (Wildman–Crippen LogP) is 2.73.